The van der Waals surface area contributed by atoms with Gasteiger partial charge in [-0.2, -0.15) is 5.10 Å². The van der Waals surface area contributed by atoms with Gasteiger partial charge in [0.1, 0.15) is 5.82 Å². The highest BCUT2D eigenvalue weighted by atomic mass is 79.9. The van der Waals surface area contributed by atoms with E-state index in [1.54, 1.807) is 12.3 Å². The van der Waals surface area contributed by atoms with Crippen molar-refractivity contribution in [1.29, 1.82) is 0 Å². The van der Waals surface area contributed by atoms with Crippen molar-refractivity contribution >= 4 is 27.7 Å². The summed E-state index contributed by atoms with van der Waals surface area (Å²) in [6.45, 7) is 3.97. The van der Waals surface area contributed by atoms with Crippen LogP contribution in [0.2, 0.25) is 0 Å². The van der Waals surface area contributed by atoms with Gasteiger partial charge in [0, 0.05) is 15.6 Å². The maximum Gasteiger partial charge on any atom is 0.256 e. The standard InChI is InChI=1S/C13H14BrN3O/c1-3-9-7-15-17-12(9)16-13(18)10-4-8(2)5-11(14)6-10/h4-7H,3H2,1-2H3,(H2,15,16,17,18). The summed E-state index contributed by atoms with van der Waals surface area (Å²) in [5, 5.41) is 9.55. The molecule has 1 aromatic carbocycles. The normalized spacial score (nSPS) is 10.4. The first-order valence-corrected chi connectivity index (χ1v) is 6.50. The number of halogens is 1. The van der Waals surface area contributed by atoms with Crippen molar-refractivity contribution < 1.29 is 4.79 Å². The summed E-state index contributed by atoms with van der Waals surface area (Å²) in [5.41, 5.74) is 2.66. The number of hydrogen-bond acceptors (Lipinski definition) is 2. The van der Waals surface area contributed by atoms with E-state index >= 15 is 0 Å². The molecule has 0 saturated heterocycles. The van der Waals surface area contributed by atoms with Crippen molar-refractivity contribution in [2.24, 2.45) is 0 Å². The molecular formula is C13H14BrN3O. The van der Waals surface area contributed by atoms with Crippen LogP contribution in [-0.2, 0) is 6.42 Å². The number of nitrogens with zero attached hydrogens (tertiary/aromatic N) is 1. The van der Waals surface area contributed by atoms with Crippen molar-refractivity contribution in [2.45, 2.75) is 20.3 Å². The first kappa shape index (κ1) is 12.8. The molecule has 0 unspecified atom stereocenters. The Kier molecular flexibility index (Phi) is 3.81. The summed E-state index contributed by atoms with van der Waals surface area (Å²) in [5.74, 6) is 0.526. The Morgan fingerprint density at radius 1 is 1.44 bits per heavy atom. The van der Waals surface area contributed by atoms with E-state index in [1.807, 2.05) is 26.0 Å². The molecule has 0 aliphatic rings. The number of carbonyl (C=O) groups excluding carboxylic acids is 1. The Balaban J connectivity index is 2.22. The maximum atomic E-state index is 12.1. The van der Waals surface area contributed by atoms with Gasteiger partial charge in [0.25, 0.3) is 5.91 Å². The fourth-order valence-electron chi connectivity index (χ4n) is 1.74. The molecule has 18 heavy (non-hydrogen) atoms. The van der Waals surface area contributed by atoms with Crippen molar-refractivity contribution in [3.8, 4) is 0 Å². The van der Waals surface area contributed by atoms with Crippen molar-refractivity contribution in [3.05, 3.63) is 45.6 Å². The Morgan fingerprint density at radius 2 is 2.22 bits per heavy atom. The molecular weight excluding hydrogens is 294 g/mol. The number of aryl methyl sites for hydroxylation is 2. The highest BCUT2D eigenvalue weighted by Gasteiger charge is 2.10. The molecule has 1 amide bonds. The Bertz CT molecular complexity index is 557. The number of nitrogens with one attached hydrogen (secondary N) is 2. The van der Waals surface area contributed by atoms with Crippen LogP contribution in [0.5, 0.6) is 0 Å². The van der Waals surface area contributed by atoms with Gasteiger partial charge in [-0.15, -0.1) is 0 Å². The number of amides is 1. The number of hydrogen-bond donors (Lipinski definition) is 2. The second-order valence-electron chi connectivity index (χ2n) is 4.10. The van der Waals surface area contributed by atoms with Gasteiger partial charge in [-0.1, -0.05) is 22.9 Å². The lowest BCUT2D eigenvalue weighted by atomic mass is 10.1. The fourth-order valence-corrected chi connectivity index (χ4v) is 2.35. The molecule has 0 fully saturated rings. The zero-order valence-corrected chi connectivity index (χ0v) is 11.8. The predicted octanol–water partition coefficient (Wildman–Crippen LogP) is 3.30. The maximum absolute atomic E-state index is 12.1. The lowest BCUT2D eigenvalue weighted by Crippen LogP contribution is -2.13. The van der Waals surface area contributed by atoms with Crippen LogP contribution in [0, 0.1) is 6.92 Å². The molecule has 0 spiro atoms. The Labute approximate surface area is 114 Å². The van der Waals surface area contributed by atoms with Crippen LogP contribution in [0.1, 0.15) is 28.4 Å². The molecule has 2 N–H and O–H groups in total. The summed E-state index contributed by atoms with van der Waals surface area (Å²) in [6, 6.07) is 5.61. The number of aromatic nitrogens is 2. The van der Waals surface area contributed by atoms with E-state index in [0.717, 1.165) is 22.0 Å². The second-order valence-corrected chi connectivity index (χ2v) is 5.01. The summed E-state index contributed by atoms with van der Waals surface area (Å²) in [6.07, 6.45) is 2.55. The highest BCUT2D eigenvalue weighted by Crippen LogP contribution is 2.17. The number of benzene rings is 1. The minimum Gasteiger partial charge on any atom is -0.307 e. The second kappa shape index (κ2) is 5.35. The first-order valence-electron chi connectivity index (χ1n) is 5.71. The van der Waals surface area contributed by atoms with E-state index in [2.05, 4.69) is 31.4 Å². The van der Waals surface area contributed by atoms with E-state index < -0.39 is 0 Å². The lowest BCUT2D eigenvalue weighted by Gasteiger charge is -2.06. The van der Waals surface area contributed by atoms with Crippen molar-refractivity contribution in [3.63, 3.8) is 0 Å². The summed E-state index contributed by atoms with van der Waals surface area (Å²) >= 11 is 3.39. The summed E-state index contributed by atoms with van der Waals surface area (Å²) < 4.78 is 0.896. The molecule has 0 saturated carbocycles. The zero-order valence-electron chi connectivity index (χ0n) is 10.2. The van der Waals surface area contributed by atoms with Gasteiger partial charge in [-0.25, -0.2) is 0 Å². The Morgan fingerprint density at radius 3 is 2.89 bits per heavy atom. The molecule has 4 nitrogen and oxygen atoms in total. The van der Waals surface area contributed by atoms with Gasteiger partial charge in [-0.3, -0.25) is 9.89 Å². The topological polar surface area (TPSA) is 57.8 Å². The van der Waals surface area contributed by atoms with Crippen LogP contribution < -0.4 is 5.32 Å². The minimum absolute atomic E-state index is 0.140. The van der Waals surface area contributed by atoms with Gasteiger partial charge < -0.3 is 5.32 Å². The monoisotopic (exact) mass is 307 g/mol. The summed E-state index contributed by atoms with van der Waals surface area (Å²) in [7, 11) is 0. The minimum atomic E-state index is -0.140. The van der Waals surface area contributed by atoms with E-state index in [1.165, 1.54) is 0 Å². The molecule has 1 aromatic heterocycles. The first-order chi connectivity index (χ1) is 8.60. The zero-order chi connectivity index (χ0) is 13.1. The van der Waals surface area contributed by atoms with Crippen LogP contribution in [-0.4, -0.2) is 16.1 Å². The summed E-state index contributed by atoms with van der Waals surface area (Å²) in [4.78, 5) is 12.1. The van der Waals surface area contributed by atoms with Gasteiger partial charge in [0.2, 0.25) is 0 Å². The number of carbonyl (C=O) groups is 1. The molecule has 0 radical (unpaired) electrons. The number of aromatic amines is 1. The predicted molar refractivity (Wildman–Crippen MR) is 74.8 cm³/mol. The molecule has 0 bridgehead atoms. The van der Waals surface area contributed by atoms with Crippen LogP contribution >= 0.6 is 15.9 Å². The third kappa shape index (κ3) is 2.79. The van der Waals surface area contributed by atoms with Gasteiger partial charge in [-0.05, 0) is 37.1 Å². The third-order valence-electron chi connectivity index (χ3n) is 2.64. The molecule has 94 valence electrons. The van der Waals surface area contributed by atoms with Crippen LogP contribution in [0.3, 0.4) is 0 Å². The van der Waals surface area contributed by atoms with Crippen molar-refractivity contribution in [2.75, 3.05) is 5.32 Å². The molecule has 0 atom stereocenters. The number of rotatable bonds is 3. The molecule has 0 aliphatic heterocycles. The van der Waals surface area contributed by atoms with Crippen LogP contribution in [0.4, 0.5) is 5.82 Å². The van der Waals surface area contributed by atoms with Gasteiger partial charge in [0.05, 0.1) is 6.20 Å². The molecule has 0 aliphatic carbocycles. The van der Waals surface area contributed by atoms with Crippen molar-refractivity contribution in [1.82, 2.24) is 10.2 Å². The largest absolute Gasteiger partial charge is 0.307 e. The quantitative estimate of drug-likeness (QED) is 0.914. The Hall–Kier alpha value is -1.62. The average Bonchev–Trinajstić information content (AvgIpc) is 2.75. The molecule has 2 aromatic rings. The van der Waals surface area contributed by atoms with Gasteiger partial charge in [0.15, 0.2) is 0 Å². The van der Waals surface area contributed by atoms with E-state index in [4.69, 9.17) is 0 Å². The molecule has 2 rings (SSSR count). The van der Waals surface area contributed by atoms with E-state index in [9.17, 15) is 4.79 Å². The van der Waals surface area contributed by atoms with Crippen LogP contribution in [0.25, 0.3) is 0 Å². The SMILES string of the molecule is CCc1cn[nH]c1NC(=O)c1cc(C)cc(Br)c1. The average molecular weight is 308 g/mol. The highest BCUT2D eigenvalue weighted by molar-refractivity contribution is 9.10. The molecule has 5 heteroatoms. The number of anilines is 1. The smallest absolute Gasteiger partial charge is 0.256 e. The van der Waals surface area contributed by atoms with Gasteiger partial charge >= 0.3 is 0 Å². The number of H-pyrrole nitrogens is 1. The van der Waals surface area contributed by atoms with E-state index in [-0.39, 0.29) is 5.91 Å². The molecule has 1 heterocycles. The fraction of sp³-hybridized carbons (Fsp3) is 0.231. The van der Waals surface area contributed by atoms with Crippen LogP contribution in [0.15, 0.2) is 28.9 Å². The lowest BCUT2D eigenvalue weighted by molar-refractivity contribution is 0.102. The third-order valence-corrected chi connectivity index (χ3v) is 3.10. The van der Waals surface area contributed by atoms with E-state index in [0.29, 0.717) is 11.4 Å².